The van der Waals surface area contributed by atoms with Crippen LogP contribution >= 0.6 is 38.6 Å². The van der Waals surface area contributed by atoms with Crippen LogP contribution in [0.15, 0.2) is 64.2 Å². The van der Waals surface area contributed by atoms with Gasteiger partial charge >= 0.3 is 5.00 Å². The molecule has 2 aromatic carbocycles. The fourth-order valence-corrected chi connectivity index (χ4v) is 4.83. The second-order valence-corrected chi connectivity index (χ2v) is 9.23. The normalized spacial score (nSPS) is 11.2. The number of nitro groups is 2. The molecule has 0 aliphatic rings. The van der Waals surface area contributed by atoms with E-state index >= 15 is 0 Å². The van der Waals surface area contributed by atoms with Gasteiger partial charge in [-0.05, 0) is 30.3 Å². The molecule has 4 rings (SSSR count). The minimum absolute atomic E-state index is 0.0500. The second kappa shape index (κ2) is 8.90. The third kappa shape index (κ3) is 4.54. The van der Waals surface area contributed by atoms with Crippen LogP contribution in [-0.2, 0) is 0 Å². The average Bonchev–Trinajstić information content (AvgIpc) is 3.40. The first kappa shape index (κ1) is 21.7. The van der Waals surface area contributed by atoms with Gasteiger partial charge in [-0.1, -0.05) is 44.7 Å². The zero-order valence-electron chi connectivity index (χ0n) is 15.7. The second-order valence-electron chi connectivity index (χ2n) is 6.21. The van der Waals surface area contributed by atoms with Gasteiger partial charge in [0, 0.05) is 28.2 Å². The number of fused-ring (bicyclic) bond motifs is 1. The molecule has 0 saturated heterocycles. The summed E-state index contributed by atoms with van der Waals surface area (Å²) in [5.41, 5.74) is 0.461. The van der Waals surface area contributed by atoms with Crippen LogP contribution in [0.2, 0.25) is 0 Å². The van der Waals surface area contributed by atoms with Gasteiger partial charge in [-0.3, -0.25) is 25.0 Å². The molecule has 32 heavy (non-hydrogen) atoms. The van der Waals surface area contributed by atoms with Crippen molar-refractivity contribution in [2.75, 3.05) is 5.01 Å². The van der Waals surface area contributed by atoms with E-state index in [1.807, 2.05) is 12.1 Å². The number of hydrogen-bond donors (Lipinski definition) is 0. The lowest BCUT2D eigenvalue weighted by molar-refractivity contribution is -0.384. The zero-order chi connectivity index (χ0) is 22.8. The summed E-state index contributed by atoms with van der Waals surface area (Å²) in [6, 6.07) is 13.6. The molecule has 13 heteroatoms. The number of nitro benzene ring substituents is 1. The standard InChI is InChI=1S/C19H10BrN5O5S2/c20-12-4-6-15-16(9-12)32-19(22-15)23(21-10-14-5-7-17(31-14)25(29)30)18(26)11-2-1-3-13(8-11)24(27)28/h1-10H/b21-10+. The van der Waals surface area contributed by atoms with Gasteiger partial charge in [0.15, 0.2) is 0 Å². The predicted molar refractivity (Wildman–Crippen MR) is 126 cm³/mol. The van der Waals surface area contributed by atoms with Gasteiger partial charge in [-0.2, -0.15) is 10.1 Å². The van der Waals surface area contributed by atoms with Crippen LogP contribution in [0.3, 0.4) is 0 Å². The predicted octanol–water partition coefficient (Wildman–Crippen LogP) is 5.62. The summed E-state index contributed by atoms with van der Waals surface area (Å²) in [6.45, 7) is 0. The molecule has 1 amide bonds. The van der Waals surface area contributed by atoms with E-state index in [4.69, 9.17) is 0 Å². The van der Waals surface area contributed by atoms with Crippen LogP contribution in [0.25, 0.3) is 10.2 Å². The van der Waals surface area contributed by atoms with Gasteiger partial charge in [-0.25, -0.2) is 4.98 Å². The SMILES string of the molecule is O=C(c1cccc([N+](=O)[O-])c1)N(/N=C/c1ccc([N+](=O)[O-])s1)c1nc2ccc(Br)cc2s1. The van der Waals surface area contributed by atoms with Crippen molar-refractivity contribution < 1.29 is 14.6 Å². The Labute approximate surface area is 195 Å². The molecule has 0 aliphatic heterocycles. The Morgan fingerprint density at radius 1 is 1.06 bits per heavy atom. The molecule has 0 N–H and O–H groups in total. The van der Waals surface area contributed by atoms with Crippen molar-refractivity contribution in [2.45, 2.75) is 0 Å². The van der Waals surface area contributed by atoms with Crippen LogP contribution in [0, 0.1) is 20.2 Å². The number of thiazole rings is 1. The molecule has 0 saturated carbocycles. The Morgan fingerprint density at radius 3 is 2.59 bits per heavy atom. The Morgan fingerprint density at radius 2 is 1.88 bits per heavy atom. The summed E-state index contributed by atoms with van der Waals surface area (Å²) in [6.07, 6.45) is 1.31. The third-order valence-corrected chi connectivity index (χ3v) is 6.57. The minimum Gasteiger partial charge on any atom is -0.267 e. The quantitative estimate of drug-likeness (QED) is 0.180. The third-order valence-electron chi connectivity index (χ3n) is 4.11. The molecule has 0 atom stereocenters. The topological polar surface area (TPSA) is 132 Å². The van der Waals surface area contributed by atoms with Crippen LogP contribution in [-0.4, -0.2) is 27.0 Å². The van der Waals surface area contributed by atoms with Gasteiger partial charge in [-0.15, -0.1) is 0 Å². The molecule has 0 radical (unpaired) electrons. The Balaban J connectivity index is 1.76. The van der Waals surface area contributed by atoms with Crippen molar-refractivity contribution in [1.82, 2.24) is 4.98 Å². The van der Waals surface area contributed by atoms with E-state index in [2.05, 4.69) is 26.0 Å². The molecule has 0 spiro atoms. The molecule has 2 heterocycles. The number of nitrogens with zero attached hydrogens (tertiary/aromatic N) is 5. The van der Waals surface area contributed by atoms with E-state index in [1.165, 1.54) is 47.9 Å². The molecule has 160 valence electrons. The zero-order valence-corrected chi connectivity index (χ0v) is 19.0. The average molecular weight is 532 g/mol. The summed E-state index contributed by atoms with van der Waals surface area (Å²) in [4.78, 5) is 39.1. The maximum atomic E-state index is 13.2. The molecular weight excluding hydrogens is 522 g/mol. The van der Waals surface area contributed by atoms with Crippen LogP contribution < -0.4 is 5.01 Å². The van der Waals surface area contributed by atoms with Gasteiger partial charge in [0.25, 0.3) is 11.6 Å². The molecular formula is C19H10BrN5O5S2. The first-order valence-corrected chi connectivity index (χ1v) is 11.2. The number of anilines is 1. The first-order chi connectivity index (χ1) is 15.3. The lowest BCUT2D eigenvalue weighted by Gasteiger charge is -2.13. The minimum atomic E-state index is -0.630. The Kier molecular flexibility index (Phi) is 6.03. The number of halogens is 1. The number of non-ortho nitro benzene ring substituents is 1. The van der Waals surface area contributed by atoms with Crippen LogP contribution in [0.1, 0.15) is 15.2 Å². The van der Waals surface area contributed by atoms with E-state index < -0.39 is 15.8 Å². The van der Waals surface area contributed by atoms with Crippen molar-refractivity contribution in [2.24, 2.45) is 5.10 Å². The number of hydrogen-bond acceptors (Lipinski definition) is 9. The van der Waals surface area contributed by atoms with Crippen LogP contribution in [0.5, 0.6) is 0 Å². The highest BCUT2D eigenvalue weighted by Gasteiger charge is 2.23. The summed E-state index contributed by atoms with van der Waals surface area (Å²) in [5, 5.41) is 27.5. The highest BCUT2D eigenvalue weighted by molar-refractivity contribution is 9.10. The van der Waals surface area contributed by atoms with E-state index in [1.54, 1.807) is 6.07 Å². The van der Waals surface area contributed by atoms with Crippen molar-refractivity contribution in [3.8, 4) is 0 Å². The maximum absolute atomic E-state index is 13.2. The number of hydrazone groups is 1. The summed E-state index contributed by atoms with van der Waals surface area (Å²) >= 11 is 5.50. The Bertz CT molecular complexity index is 1400. The maximum Gasteiger partial charge on any atom is 0.324 e. The molecule has 0 unspecified atom stereocenters. The number of carbonyl (C=O) groups is 1. The fraction of sp³-hybridized carbons (Fsp3) is 0. The van der Waals surface area contributed by atoms with Gasteiger partial charge in [0.05, 0.1) is 31.2 Å². The largest absolute Gasteiger partial charge is 0.324 e. The van der Waals surface area contributed by atoms with Gasteiger partial charge in [0.1, 0.15) is 0 Å². The van der Waals surface area contributed by atoms with E-state index in [9.17, 15) is 25.0 Å². The fourth-order valence-electron chi connectivity index (χ4n) is 2.66. The highest BCUT2D eigenvalue weighted by Crippen LogP contribution is 2.32. The molecule has 0 aliphatic carbocycles. The van der Waals surface area contributed by atoms with Crippen molar-refractivity contribution in [1.29, 1.82) is 0 Å². The smallest absolute Gasteiger partial charge is 0.267 e. The first-order valence-electron chi connectivity index (χ1n) is 8.75. The summed E-state index contributed by atoms with van der Waals surface area (Å²) in [7, 11) is 0. The summed E-state index contributed by atoms with van der Waals surface area (Å²) < 4.78 is 1.64. The van der Waals surface area contributed by atoms with Gasteiger partial charge < -0.3 is 0 Å². The number of amides is 1. The highest BCUT2D eigenvalue weighted by atomic mass is 79.9. The molecule has 0 fully saturated rings. The number of rotatable bonds is 6. The van der Waals surface area contributed by atoms with E-state index in [0.29, 0.717) is 10.4 Å². The summed E-state index contributed by atoms with van der Waals surface area (Å²) in [5.74, 6) is -0.630. The Hall–Kier alpha value is -3.55. The van der Waals surface area contributed by atoms with E-state index in [0.717, 1.165) is 31.6 Å². The molecule has 2 aromatic heterocycles. The van der Waals surface area contributed by atoms with Crippen molar-refractivity contribution in [3.63, 3.8) is 0 Å². The molecule has 10 nitrogen and oxygen atoms in total. The molecule has 4 aromatic rings. The van der Waals surface area contributed by atoms with E-state index in [-0.39, 0.29) is 21.4 Å². The number of thiophene rings is 1. The number of carbonyl (C=O) groups excluding carboxylic acids is 1. The molecule has 0 bridgehead atoms. The lowest BCUT2D eigenvalue weighted by Crippen LogP contribution is -2.25. The van der Waals surface area contributed by atoms with Crippen LogP contribution in [0.4, 0.5) is 15.8 Å². The van der Waals surface area contributed by atoms with Crippen molar-refractivity contribution in [3.05, 3.63) is 89.7 Å². The van der Waals surface area contributed by atoms with Gasteiger partial charge in [0.2, 0.25) is 5.13 Å². The number of benzene rings is 2. The van der Waals surface area contributed by atoms with Crippen molar-refractivity contribution >= 4 is 76.8 Å². The monoisotopic (exact) mass is 531 g/mol. The lowest BCUT2D eigenvalue weighted by atomic mass is 10.2. The number of aromatic nitrogens is 1.